The van der Waals surface area contributed by atoms with Gasteiger partial charge in [-0.3, -0.25) is 4.90 Å². The molecular weight excluding hydrogens is 312 g/mol. The molecule has 1 aromatic heterocycles. The van der Waals surface area contributed by atoms with E-state index in [0.29, 0.717) is 17.2 Å². The Balaban J connectivity index is 1.70. The number of hydrogen-bond acceptors (Lipinski definition) is 6. The van der Waals surface area contributed by atoms with Gasteiger partial charge in [-0.1, -0.05) is 30.3 Å². The lowest BCUT2D eigenvalue weighted by molar-refractivity contribution is -0.0330. The fourth-order valence-electron chi connectivity index (χ4n) is 2.67. The van der Waals surface area contributed by atoms with Gasteiger partial charge in [-0.2, -0.15) is 0 Å². The number of benzene rings is 1. The summed E-state index contributed by atoms with van der Waals surface area (Å²) in [6, 6.07) is 10.4. The number of hydrogen-bond donors (Lipinski definition) is 0. The first-order chi connectivity index (χ1) is 11.2. The minimum Gasteiger partial charge on any atom is -0.465 e. The third kappa shape index (κ3) is 3.77. The number of nitrogens with zero attached hydrogens (tertiary/aromatic N) is 2. The first kappa shape index (κ1) is 16.1. The maximum atomic E-state index is 11.7. The van der Waals surface area contributed by atoms with Gasteiger partial charge >= 0.3 is 5.97 Å². The van der Waals surface area contributed by atoms with E-state index in [1.807, 2.05) is 13.0 Å². The summed E-state index contributed by atoms with van der Waals surface area (Å²) in [7, 11) is 1.39. The molecule has 2 aromatic rings. The molecule has 0 radical (unpaired) electrons. The fourth-order valence-corrected chi connectivity index (χ4v) is 3.70. The van der Waals surface area contributed by atoms with Crippen LogP contribution in [-0.4, -0.2) is 42.7 Å². The van der Waals surface area contributed by atoms with Gasteiger partial charge in [0.25, 0.3) is 0 Å². The van der Waals surface area contributed by atoms with Crippen molar-refractivity contribution >= 4 is 17.3 Å². The molecule has 2 heterocycles. The van der Waals surface area contributed by atoms with Crippen molar-refractivity contribution < 1.29 is 14.3 Å². The molecule has 5 nitrogen and oxygen atoms in total. The Morgan fingerprint density at radius 3 is 2.96 bits per heavy atom. The second-order valence-electron chi connectivity index (χ2n) is 5.54. The summed E-state index contributed by atoms with van der Waals surface area (Å²) in [6.07, 6.45) is -0.0884. The van der Waals surface area contributed by atoms with Crippen molar-refractivity contribution in [3.63, 3.8) is 0 Å². The number of morpholine rings is 1. The van der Waals surface area contributed by atoms with Crippen LogP contribution in [0.5, 0.6) is 0 Å². The zero-order valence-corrected chi connectivity index (χ0v) is 14.1. The molecule has 1 atom stereocenters. The topological polar surface area (TPSA) is 51.7 Å². The summed E-state index contributed by atoms with van der Waals surface area (Å²) in [5.74, 6) is -0.330. The summed E-state index contributed by atoms with van der Waals surface area (Å²) in [5.41, 5.74) is 2.00. The average Bonchev–Trinajstić information content (AvgIpc) is 2.97. The standard InChI is InChI=1S/C17H20N2O3S/c1-12-15(17(20)21-2)23-16(18-12)14-11-19(8-9-22-14)10-13-6-4-3-5-7-13/h3-7,14H,8-11H2,1-2H3/t14-/m1/s1. The van der Waals surface area contributed by atoms with Crippen molar-refractivity contribution in [3.8, 4) is 0 Å². The van der Waals surface area contributed by atoms with Gasteiger partial charge in [-0.15, -0.1) is 11.3 Å². The van der Waals surface area contributed by atoms with Gasteiger partial charge in [-0.25, -0.2) is 9.78 Å². The number of carbonyl (C=O) groups excluding carboxylic acids is 1. The second-order valence-corrected chi connectivity index (χ2v) is 6.57. The van der Waals surface area contributed by atoms with Crippen LogP contribution < -0.4 is 0 Å². The molecule has 1 aliphatic rings. The van der Waals surface area contributed by atoms with Gasteiger partial charge in [-0.05, 0) is 12.5 Å². The van der Waals surface area contributed by atoms with Crippen LogP contribution >= 0.6 is 11.3 Å². The first-order valence-corrected chi connectivity index (χ1v) is 8.42. The van der Waals surface area contributed by atoms with Crippen molar-refractivity contribution in [3.05, 3.63) is 51.5 Å². The van der Waals surface area contributed by atoms with Crippen LogP contribution in [0.25, 0.3) is 0 Å². The van der Waals surface area contributed by atoms with E-state index >= 15 is 0 Å². The van der Waals surface area contributed by atoms with Crippen LogP contribution in [0.15, 0.2) is 30.3 Å². The lowest BCUT2D eigenvalue weighted by Gasteiger charge is -2.31. The number of methoxy groups -OCH3 is 1. The highest BCUT2D eigenvalue weighted by Crippen LogP contribution is 2.29. The molecule has 1 saturated heterocycles. The van der Waals surface area contributed by atoms with Crippen LogP contribution in [0.2, 0.25) is 0 Å². The number of ether oxygens (including phenoxy) is 2. The third-order valence-electron chi connectivity index (χ3n) is 3.86. The molecule has 0 unspecified atom stereocenters. The molecule has 0 spiro atoms. The number of esters is 1. The maximum Gasteiger partial charge on any atom is 0.349 e. The van der Waals surface area contributed by atoms with E-state index in [2.05, 4.69) is 34.1 Å². The van der Waals surface area contributed by atoms with Crippen molar-refractivity contribution in [2.24, 2.45) is 0 Å². The molecule has 1 aromatic carbocycles. The predicted octanol–water partition coefficient (Wildman–Crippen LogP) is 2.81. The number of aryl methyl sites for hydroxylation is 1. The van der Waals surface area contributed by atoms with Gasteiger partial charge in [0, 0.05) is 19.6 Å². The Morgan fingerprint density at radius 2 is 2.22 bits per heavy atom. The van der Waals surface area contributed by atoms with E-state index in [9.17, 15) is 4.79 Å². The smallest absolute Gasteiger partial charge is 0.349 e. The predicted molar refractivity (Wildman–Crippen MR) is 88.6 cm³/mol. The zero-order valence-electron chi connectivity index (χ0n) is 13.3. The molecule has 122 valence electrons. The highest BCUT2D eigenvalue weighted by molar-refractivity contribution is 7.13. The molecule has 0 saturated carbocycles. The number of thiazole rings is 1. The van der Waals surface area contributed by atoms with Crippen molar-refractivity contribution in [1.82, 2.24) is 9.88 Å². The molecule has 3 rings (SSSR count). The summed E-state index contributed by atoms with van der Waals surface area (Å²) < 4.78 is 10.7. The lowest BCUT2D eigenvalue weighted by atomic mass is 10.2. The largest absolute Gasteiger partial charge is 0.465 e. The van der Waals surface area contributed by atoms with Crippen molar-refractivity contribution in [2.45, 2.75) is 19.6 Å². The Labute approximate surface area is 139 Å². The minimum atomic E-state index is -0.330. The SMILES string of the molecule is COC(=O)c1sc([C@H]2CN(Cc3ccccc3)CCO2)nc1C. The van der Waals surface area contributed by atoms with Gasteiger partial charge in [0.2, 0.25) is 0 Å². The van der Waals surface area contributed by atoms with Gasteiger partial charge in [0.15, 0.2) is 0 Å². The molecule has 1 aliphatic heterocycles. The summed E-state index contributed by atoms with van der Waals surface area (Å²) >= 11 is 1.37. The molecule has 0 N–H and O–H groups in total. The molecular formula is C17H20N2O3S. The Kier molecular flexibility index (Phi) is 5.05. The van der Waals surface area contributed by atoms with Gasteiger partial charge in [0.05, 0.1) is 19.4 Å². The van der Waals surface area contributed by atoms with E-state index < -0.39 is 0 Å². The quantitative estimate of drug-likeness (QED) is 0.806. The van der Waals surface area contributed by atoms with E-state index in [-0.39, 0.29) is 12.1 Å². The van der Waals surface area contributed by atoms with Crippen molar-refractivity contribution in [2.75, 3.05) is 26.8 Å². The van der Waals surface area contributed by atoms with E-state index in [4.69, 9.17) is 9.47 Å². The fraction of sp³-hybridized carbons (Fsp3) is 0.412. The Hall–Kier alpha value is -1.76. The molecule has 23 heavy (non-hydrogen) atoms. The summed E-state index contributed by atoms with van der Waals surface area (Å²) in [5, 5.41) is 0.848. The lowest BCUT2D eigenvalue weighted by Crippen LogP contribution is -2.37. The molecule has 0 amide bonds. The van der Waals surface area contributed by atoms with Crippen molar-refractivity contribution in [1.29, 1.82) is 0 Å². The van der Waals surface area contributed by atoms with Crippen LogP contribution in [0, 0.1) is 6.92 Å². The minimum absolute atomic E-state index is 0.0884. The van der Waals surface area contributed by atoms with E-state index in [1.54, 1.807) is 0 Å². The monoisotopic (exact) mass is 332 g/mol. The highest BCUT2D eigenvalue weighted by Gasteiger charge is 2.27. The summed E-state index contributed by atoms with van der Waals surface area (Å²) in [6.45, 7) is 5.08. The van der Waals surface area contributed by atoms with Crippen LogP contribution in [0.3, 0.4) is 0 Å². The average molecular weight is 332 g/mol. The molecule has 0 aliphatic carbocycles. The van der Waals surface area contributed by atoms with E-state index in [1.165, 1.54) is 24.0 Å². The third-order valence-corrected chi connectivity index (χ3v) is 5.09. The van der Waals surface area contributed by atoms with Gasteiger partial charge < -0.3 is 9.47 Å². The zero-order chi connectivity index (χ0) is 16.2. The Morgan fingerprint density at radius 1 is 1.43 bits per heavy atom. The normalized spacial score (nSPS) is 18.8. The maximum absolute atomic E-state index is 11.7. The number of rotatable bonds is 4. The van der Waals surface area contributed by atoms with E-state index in [0.717, 1.165) is 24.6 Å². The molecule has 6 heteroatoms. The van der Waals surface area contributed by atoms with Crippen LogP contribution in [0.4, 0.5) is 0 Å². The molecule has 1 fully saturated rings. The van der Waals surface area contributed by atoms with Crippen LogP contribution in [-0.2, 0) is 16.0 Å². The number of carbonyl (C=O) groups is 1. The highest BCUT2D eigenvalue weighted by atomic mass is 32.1. The second kappa shape index (κ2) is 7.21. The molecule has 0 bridgehead atoms. The first-order valence-electron chi connectivity index (χ1n) is 7.61. The Bertz CT molecular complexity index is 672. The number of aromatic nitrogens is 1. The van der Waals surface area contributed by atoms with Gasteiger partial charge in [0.1, 0.15) is 16.0 Å². The van der Waals surface area contributed by atoms with Crippen LogP contribution in [0.1, 0.15) is 32.0 Å². The summed E-state index contributed by atoms with van der Waals surface area (Å²) in [4.78, 5) is 19.2.